The highest BCUT2D eigenvalue weighted by Crippen LogP contribution is 2.38. The van der Waals surface area contributed by atoms with Gasteiger partial charge in [0, 0.05) is 18.0 Å². The van der Waals surface area contributed by atoms with E-state index in [0.717, 1.165) is 54.9 Å². The number of rotatable bonds is 4. The zero-order valence-corrected chi connectivity index (χ0v) is 16.1. The molecule has 2 N–H and O–H groups in total. The number of thiazole rings is 1. The van der Waals surface area contributed by atoms with E-state index in [1.807, 2.05) is 0 Å². The van der Waals surface area contributed by atoms with Crippen LogP contribution in [0.2, 0.25) is 0 Å². The minimum Gasteiger partial charge on any atom is -0.348 e. The van der Waals surface area contributed by atoms with E-state index in [2.05, 4.69) is 10.6 Å². The van der Waals surface area contributed by atoms with Crippen molar-refractivity contribution < 1.29 is 9.18 Å². The third-order valence-corrected chi connectivity index (χ3v) is 6.23. The molecule has 2 atom stereocenters. The lowest BCUT2D eigenvalue weighted by Gasteiger charge is -2.23. The molecule has 1 amide bonds. The lowest BCUT2D eigenvalue weighted by atomic mass is 9.97. The summed E-state index contributed by atoms with van der Waals surface area (Å²) in [5, 5.41) is 7.49. The highest BCUT2D eigenvalue weighted by Gasteiger charge is 2.27. The van der Waals surface area contributed by atoms with Crippen molar-refractivity contribution in [3.05, 3.63) is 40.7 Å². The van der Waals surface area contributed by atoms with Gasteiger partial charge in [0.25, 0.3) is 0 Å². The number of hydrogen-bond donors (Lipinski definition) is 2. The fourth-order valence-electron chi connectivity index (χ4n) is 3.68. The summed E-state index contributed by atoms with van der Waals surface area (Å²) in [6, 6.07) is 6.83. The smallest absolute Gasteiger partial charge is 0.222 e. The lowest BCUT2D eigenvalue weighted by molar-refractivity contribution is -0.122. The van der Waals surface area contributed by atoms with Crippen LogP contribution in [0.4, 0.5) is 4.39 Å². The number of nitrogens with zero attached hydrogens (tertiary/aromatic N) is 1. The fraction of sp³-hybridized carbons (Fsp3) is 0.474. The Morgan fingerprint density at radius 3 is 2.81 bits per heavy atom. The molecule has 1 saturated heterocycles. The van der Waals surface area contributed by atoms with Crippen LogP contribution in [0.1, 0.15) is 48.7 Å². The first-order valence-corrected chi connectivity index (χ1v) is 9.79. The maximum atomic E-state index is 13.1. The Hall–Kier alpha value is -1.50. The number of halogens is 2. The van der Waals surface area contributed by atoms with E-state index >= 15 is 0 Å². The monoisotopic (exact) mass is 395 g/mol. The zero-order valence-electron chi connectivity index (χ0n) is 14.5. The van der Waals surface area contributed by atoms with Crippen molar-refractivity contribution in [1.29, 1.82) is 0 Å². The molecule has 1 aliphatic heterocycles. The fourth-order valence-corrected chi connectivity index (χ4v) is 4.88. The number of aryl methyl sites for hydroxylation is 1. The predicted octanol–water partition coefficient (Wildman–Crippen LogP) is 4.01. The summed E-state index contributed by atoms with van der Waals surface area (Å²) >= 11 is 1.62. The molecule has 0 radical (unpaired) electrons. The molecule has 1 fully saturated rings. The summed E-state index contributed by atoms with van der Waals surface area (Å²) in [4.78, 5) is 18.3. The van der Waals surface area contributed by atoms with Crippen molar-refractivity contribution in [2.45, 2.75) is 50.6 Å². The molecular weight excluding hydrogens is 373 g/mol. The molecule has 1 aromatic carbocycles. The van der Waals surface area contributed by atoms with Crippen LogP contribution in [0.25, 0.3) is 10.6 Å². The van der Waals surface area contributed by atoms with Crippen LogP contribution in [0.3, 0.4) is 0 Å². The number of amides is 1. The van der Waals surface area contributed by atoms with E-state index in [-0.39, 0.29) is 30.2 Å². The van der Waals surface area contributed by atoms with E-state index in [0.29, 0.717) is 12.5 Å². The number of carbonyl (C=O) groups excluding carboxylic acids is 1. The van der Waals surface area contributed by atoms with Crippen molar-refractivity contribution in [3.8, 4) is 10.6 Å². The van der Waals surface area contributed by atoms with Crippen LogP contribution in [-0.2, 0) is 11.2 Å². The Bertz CT molecular complexity index is 759. The van der Waals surface area contributed by atoms with Gasteiger partial charge < -0.3 is 10.6 Å². The van der Waals surface area contributed by atoms with E-state index in [1.54, 1.807) is 23.5 Å². The van der Waals surface area contributed by atoms with Crippen molar-refractivity contribution in [3.63, 3.8) is 0 Å². The van der Waals surface area contributed by atoms with Gasteiger partial charge in [-0.1, -0.05) is 0 Å². The molecule has 140 valence electrons. The highest BCUT2D eigenvalue weighted by atomic mass is 35.5. The first-order chi connectivity index (χ1) is 12.2. The van der Waals surface area contributed by atoms with Crippen molar-refractivity contribution in [2.24, 2.45) is 0 Å². The van der Waals surface area contributed by atoms with Crippen LogP contribution in [0.15, 0.2) is 24.3 Å². The largest absolute Gasteiger partial charge is 0.348 e. The molecular formula is C19H23ClFN3OS. The summed E-state index contributed by atoms with van der Waals surface area (Å²) in [5.74, 6) is -0.121. The topological polar surface area (TPSA) is 54.0 Å². The summed E-state index contributed by atoms with van der Waals surface area (Å²) in [6.07, 6.45) is 5.73. The van der Waals surface area contributed by atoms with E-state index in [4.69, 9.17) is 4.98 Å². The van der Waals surface area contributed by atoms with Crippen LogP contribution in [0.5, 0.6) is 0 Å². The minimum atomic E-state index is -0.240. The predicted molar refractivity (Wildman–Crippen MR) is 104 cm³/mol. The molecule has 0 bridgehead atoms. The molecule has 2 aliphatic rings. The van der Waals surface area contributed by atoms with Gasteiger partial charge in [-0.05, 0) is 62.9 Å². The number of nitrogens with one attached hydrogen (secondary N) is 2. The van der Waals surface area contributed by atoms with E-state index in [9.17, 15) is 9.18 Å². The Kier molecular flexibility index (Phi) is 6.27. The second-order valence-electron chi connectivity index (χ2n) is 6.85. The van der Waals surface area contributed by atoms with Crippen LogP contribution in [-0.4, -0.2) is 23.5 Å². The molecule has 0 spiro atoms. The molecule has 2 unspecified atom stereocenters. The standard InChI is InChI=1S/C19H22FN3OS.ClH/c20-13-8-6-12(7-9-13)19-23-16-5-1-4-15(18(16)25-19)22-17(24)11-14-3-2-10-21-14;/h6-9,14-15,21H,1-5,10-11H2,(H,22,24);1H. The van der Waals surface area contributed by atoms with Crippen LogP contribution >= 0.6 is 23.7 Å². The van der Waals surface area contributed by atoms with Gasteiger partial charge in [-0.15, -0.1) is 23.7 Å². The molecule has 4 rings (SSSR count). The van der Waals surface area contributed by atoms with Gasteiger partial charge in [0.05, 0.1) is 16.6 Å². The average molecular weight is 396 g/mol. The van der Waals surface area contributed by atoms with E-state index < -0.39 is 0 Å². The summed E-state index contributed by atoms with van der Waals surface area (Å²) in [7, 11) is 0. The Balaban J connectivity index is 0.00000196. The van der Waals surface area contributed by atoms with Gasteiger partial charge in [-0.25, -0.2) is 9.37 Å². The number of carbonyl (C=O) groups is 1. The van der Waals surface area contributed by atoms with Gasteiger partial charge in [-0.2, -0.15) is 0 Å². The first kappa shape index (κ1) is 19.3. The molecule has 4 nitrogen and oxygen atoms in total. The summed E-state index contributed by atoms with van der Waals surface area (Å²) in [5.41, 5.74) is 2.01. The van der Waals surface area contributed by atoms with Crippen molar-refractivity contribution in [1.82, 2.24) is 15.6 Å². The second kappa shape index (κ2) is 8.46. The highest BCUT2D eigenvalue weighted by molar-refractivity contribution is 7.15. The Morgan fingerprint density at radius 2 is 2.08 bits per heavy atom. The third kappa shape index (κ3) is 4.24. The molecule has 26 heavy (non-hydrogen) atoms. The number of hydrogen-bond acceptors (Lipinski definition) is 4. The maximum absolute atomic E-state index is 13.1. The van der Waals surface area contributed by atoms with E-state index in [1.165, 1.54) is 17.0 Å². The zero-order chi connectivity index (χ0) is 17.2. The van der Waals surface area contributed by atoms with Gasteiger partial charge in [0.15, 0.2) is 0 Å². The minimum absolute atomic E-state index is 0. The van der Waals surface area contributed by atoms with Crippen LogP contribution in [0, 0.1) is 5.82 Å². The maximum Gasteiger partial charge on any atom is 0.222 e. The number of aromatic nitrogens is 1. The van der Waals surface area contributed by atoms with Crippen molar-refractivity contribution in [2.75, 3.05) is 6.54 Å². The molecule has 2 aromatic rings. The Labute approximate surface area is 163 Å². The summed E-state index contributed by atoms with van der Waals surface area (Å²) in [6.45, 7) is 1.02. The normalized spacial score (nSPS) is 21.7. The van der Waals surface area contributed by atoms with Gasteiger partial charge in [0.1, 0.15) is 10.8 Å². The van der Waals surface area contributed by atoms with Crippen LogP contribution < -0.4 is 10.6 Å². The molecule has 0 saturated carbocycles. The number of benzene rings is 1. The molecule has 7 heteroatoms. The lowest BCUT2D eigenvalue weighted by Crippen LogP contribution is -2.35. The second-order valence-corrected chi connectivity index (χ2v) is 7.88. The van der Waals surface area contributed by atoms with Gasteiger partial charge in [0.2, 0.25) is 5.91 Å². The first-order valence-electron chi connectivity index (χ1n) is 8.97. The SMILES string of the molecule is Cl.O=C(CC1CCCN1)NC1CCCc2nc(-c3ccc(F)cc3)sc21. The quantitative estimate of drug-likeness (QED) is 0.822. The van der Waals surface area contributed by atoms with Gasteiger partial charge in [-0.3, -0.25) is 4.79 Å². The van der Waals surface area contributed by atoms with Crippen molar-refractivity contribution >= 4 is 29.7 Å². The average Bonchev–Trinajstić information content (AvgIpc) is 3.25. The Morgan fingerprint density at radius 1 is 1.27 bits per heavy atom. The molecule has 1 aromatic heterocycles. The molecule has 2 heterocycles. The third-order valence-electron chi connectivity index (χ3n) is 4.97. The molecule has 1 aliphatic carbocycles. The summed E-state index contributed by atoms with van der Waals surface area (Å²) < 4.78 is 13.1. The number of fused-ring (bicyclic) bond motifs is 1. The van der Waals surface area contributed by atoms with Gasteiger partial charge >= 0.3 is 0 Å².